The average molecular weight is 267 g/mol. The Labute approximate surface area is 114 Å². The number of rotatable bonds is 8. The first-order chi connectivity index (χ1) is 9.09. The molecule has 0 aromatic heterocycles. The van der Waals surface area contributed by atoms with E-state index in [9.17, 15) is 9.18 Å². The maximum atomic E-state index is 13.3. The fraction of sp³-hybridized carbons (Fsp3) is 0.533. The van der Waals surface area contributed by atoms with Gasteiger partial charge >= 0.3 is 0 Å². The molecule has 1 N–H and O–H groups in total. The van der Waals surface area contributed by atoms with Crippen LogP contribution in [0, 0.1) is 5.82 Å². The van der Waals surface area contributed by atoms with Gasteiger partial charge in [0, 0.05) is 19.6 Å². The third-order valence-electron chi connectivity index (χ3n) is 2.67. The van der Waals surface area contributed by atoms with Crippen molar-refractivity contribution in [1.82, 2.24) is 5.32 Å². The lowest BCUT2D eigenvalue weighted by molar-refractivity contribution is -0.121. The van der Waals surface area contributed by atoms with Crippen LogP contribution in [0.1, 0.15) is 32.3 Å². The summed E-state index contributed by atoms with van der Waals surface area (Å²) in [6.45, 7) is 5.20. The van der Waals surface area contributed by atoms with Crippen molar-refractivity contribution in [2.75, 3.05) is 13.2 Å². The van der Waals surface area contributed by atoms with Gasteiger partial charge in [-0.05, 0) is 38.3 Å². The number of amides is 1. The van der Waals surface area contributed by atoms with Gasteiger partial charge in [0.25, 0.3) is 0 Å². The second-order valence-corrected chi connectivity index (χ2v) is 4.71. The van der Waals surface area contributed by atoms with Gasteiger partial charge in [0.1, 0.15) is 5.82 Å². The molecular weight excluding hydrogens is 245 g/mol. The Morgan fingerprint density at radius 1 is 1.37 bits per heavy atom. The summed E-state index contributed by atoms with van der Waals surface area (Å²) in [7, 11) is 0. The highest BCUT2D eigenvalue weighted by Gasteiger charge is 2.05. The molecule has 106 valence electrons. The molecule has 0 saturated carbocycles. The SMILES string of the molecule is CC(C)OCCCNC(=O)CCc1ccccc1F. The van der Waals surface area contributed by atoms with Crippen LogP contribution in [0.2, 0.25) is 0 Å². The van der Waals surface area contributed by atoms with Crippen LogP contribution in [0.5, 0.6) is 0 Å². The van der Waals surface area contributed by atoms with E-state index in [1.807, 2.05) is 13.8 Å². The Hall–Kier alpha value is -1.42. The summed E-state index contributed by atoms with van der Waals surface area (Å²) < 4.78 is 18.7. The van der Waals surface area contributed by atoms with Crippen LogP contribution in [-0.4, -0.2) is 25.2 Å². The van der Waals surface area contributed by atoms with Gasteiger partial charge in [-0.15, -0.1) is 0 Å². The predicted molar refractivity (Wildman–Crippen MR) is 73.4 cm³/mol. The standard InChI is InChI=1S/C15H22FNO2/c1-12(2)19-11-5-10-17-15(18)9-8-13-6-3-4-7-14(13)16/h3-4,6-7,12H,5,8-11H2,1-2H3,(H,17,18). The van der Waals surface area contributed by atoms with E-state index in [4.69, 9.17) is 4.74 Å². The number of nitrogens with one attached hydrogen (secondary N) is 1. The monoisotopic (exact) mass is 267 g/mol. The van der Waals surface area contributed by atoms with Gasteiger partial charge in [-0.25, -0.2) is 4.39 Å². The quantitative estimate of drug-likeness (QED) is 0.735. The lowest BCUT2D eigenvalue weighted by Crippen LogP contribution is -2.25. The van der Waals surface area contributed by atoms with Crippen molar-refractivity contribution in [2.45, 2.75) is 39.2 Å². The highest BCUT2D eigenvalue weighted by Crippen LogP contribution is 2.08. The van der Waals surface area contributed by atoms with Gasteiger partial charge in [0.05, 0.1) is 6.10 Å². The van der Waals surface area contributed by atoms with Crippen molar-refractivity contribution in [3.8, 4) is 0 Å². The molecule has 0 aliphatic heterocycles. The Kier molecular flexibility index (Phi) is 7.11. The van der Waals surface area contributed by atoms with Crippen LogP contribution in [0.15, 0.2) is 24.3 Å². The number of hydrogen-bond donors (Lipinski definition) is 1. The number of aryl methyl sites for hydroxylation is 1. The van der Waals surface area contributed by atoms with E-state index >= 15 is 0 Å². The first-order valence-electron chi connectivity index (χ1n) is 6.71. The largest absolute Gasteiger partial charge is 0.379 e. The molecule has 0 saturated heterocycles. The summed E-state index contributed by atoms with van der Waals surface area (Å²) in [5, 5.41) is 2.80. The predicted octanol–water partition coefficient (Wildman–Crippen LogP) is 2.69. The van der Waals surface area contributed by atoms with Gasteiger partial charge in [-0.1, -0.05) is 18.2 Å². The normalized spacial score (nSPS) is 10.7. The molecule has 1 rings (SSSR count). The summed E-state index contributed by atoms with van der Waals surface area (Å²) >= 11 is 0. The number of benzene rings is 1. The van der Waals surface area contributed by atoms with Gasteiger partial charge in [0.2, 0.25) is 5.91 Å². The third-order valence-corrected chi connectivity index (χ3v) is 2.67. The van der Waals surface area contributed by atoms with Crippen LogP contribution < -0.4 is 5.32 Å². The molecular formula is C15H22FNO2. The summed E-state index contributed by atoms with van der Waals surface area (Å²) in [5.74, 6) is -0.298. The van der Waals surface area contributed by atoms with E-state index in [0.717, 1.165) is 6.42 Å². The summed E-state index contributed by atoms with van der Waals surface area (Å²) in [6.07, 6.45) is 1.76. The Bertz CT molecular complexity index is 393. The Morgan fingerprint density at radius 2 is 2.11 bits per heavy atom. The molecule has 0 aliphatic rings. The van der Waals surface area contributed by atoms with Gasteiger partial charge < -0.3 is 10.1 Å². The van der Waals surface area contributed by atoms with Crippen LogP contribution >= 0.6 is 0 Å². The first kappa shape index (κ1) is 15.6. The summed E-state index contributed by atoms with van der Waals surface area (Å²) in [5.41, 5.74) is 0.584. The molecule has 0 spiro atoms. The van der Waals surface area contributed by atoms with Gasteiger partial charge in [-0.3, -0.25) is 4.79 Å². The number of ether oxygens (including phenoxy) is 1. The molecule has 0 unspecified atom stereocenters. The fourth-order valence-corrected chi connectivity index (χ4v) is 1.66. The molecule has 0 radical (unpaired) electrons. The van der Waals surface area contributed by atoms with E-state index in [-0.39, 0.29) is 17.8 Å². The fourth-order valence-electron chi connectivity index (χ4n) is 1.66. The lowest BCUT2D eigenvalue weighted by atomic mass is 10.1. The van der Waals surface area contributed by atoms with E-state index < -0.39 is 0 Å². The molecule has 0 bridgehead atoms. The van der Waals surface area contributed by atoms with Crippen LogP contribution in [0.25, 0.3) is 0 Å². The van der Waals surface area contributed by atoms with Gasteiger partial charge in [0.15, 0.2) is 0 Å². The molecule has 19 heavy (non-hydrogen) atoms. The lowest BCUT2D eigenvalue weighted by Gasteiger charge is -2.08. The topological polar surface area (TPSA) is 38.3 Å². The van der Waals surface area contributed by atoms with Crippen molar-refractivity contribution >= 4 is 5.91 Å². The zero-order chi connectivity index (χ0) is 14.1. The number of halogens is 1. The molecule has 0 fully saturated rings. The maximum Gasteiger partial charge on any atom is 0.220 e. The van der Waals surface area contributed by atoms with E-state index in [0.29, 0.717) is 31.6 Å². The van der Waals surface area contributed by atoms with E-state index in [1.165, 1.54) is 6.07 Å². The average Bonchev–Trinajstić information content (AvgIpc) is 2.37. The van der Waals surface area contributed by atoms with E-state index in [1.54, 1.807) is 18.2 Å². The Balaban J connectivity index is 2.13. The second kappa shape index (κ2) is 8.64. The van der Waals surface area contributed by atoms with Crippen LogP contribution in [0.3, 0.4) is 0 Å². The minimum atomic E-state index is -0.249. The highest BCUT2D eigenvalue weighted by atomic mass is 19.1. The smallest absolute Gasteiger partial charge is 0.220 e. The third kappa shape index (κ3) is 6.91. The summed E-state index contributed by atoms with van der Waals surface area (Å²) in [4.78, 5) is 11.6. The minimum Gasteiger partial charge on any atom is -0.379 e. The molecule has 0 aliphatic carbocycles. The zero-order valence-electron chi connectivity index (χ0n) is 11.6. The van der Waals surface area contributed by atoms with Crippen LogP contribution in [0.4, 0.5) is 4.39 Å². The molecule has 1 aromatic carbocycles. The molecule has 1 aromatic rings. The molecule has 0 atom stereocenters. The maximum absolute atomic E-state index is 13.3. The molecule has 3 nitrogen and oxygen atoms in total. The molecule has 1 amide bonds. The number of carbonyl (C=O) groups is 1. The van der Waals surface area contributed by atoms with E-state index in [2.05, 4.69) is 5.32 Å². The molecule has 4 heteroatoms. The Morgan fingerprint density at radius 3 is 2.79 bits per heavy atom. The number of hydrogen-bond acceptors (Lipinski definition) is 2. The highest BCUT2D eigenvalue weighted by molar-refractivity contribution is 5.76. The van der Waals surface area contributed by atoms with Gasteiger partial charge in [-0.2, -0.15) is 0 Å². The van der Waals surface area contributed by atoms with Crippen molar-refractivity contribution in [3.63, 3.8) is 0 Å². The first-order valence-corrected chi connectivity index (χ1v) is 6.71. The minimum absolute atomic E-state index is 0.0483. The van der Waals surface area contributed by atoms with Crippen LogP contribution in [-0.2, 0) is 16.0 Å². The second-order valence-electron chi connectivity index (χ2n) is 4.71. The zero-order valence-corrected chi connectivity index (χ0v) is 11.6. The van der Waals surface area contributed by atoms with Crippen molar-refractivity contribution < 1.29 is 13.9 Å². The molecule has 0 heterocycles. The number of carbonyl (C=O) groups excluding carboxylic acids is 1. The van der Waals surface area contributed by atoms with Crippen molar-refractivity contribution in [2.24, 2.45) is 0 Å². The van der Waals surface area contributed by atoms with Crippen molar-refractivity contribution in [1.29, 1.82) is 0 Å². The summed E-state index contributed by atoms with van der Waals surface area (Å²) in [6, 6.07) is 6.54. The van der Waals surface area contributed by atoms with Crippen molar-refractivity contribution in [3.05, 3.63) is 35.6 Å².